The summed E-state index contributed by atoms with van der Waals surface area (Å²) in [4.78, 5) is 8.81. The van der Waals surface area contributed by atoms with Crippen molar-refractivity contribution in [1.29, 1.82) is 0 Å². The minimum absolute atomic E-state index is 0.00836. The summed E-state index contributed by atoms with van der Waals surface area (Å²) in [6.45, 7) is 3.33. The molecule has 17 heavy (non-hydrogen) atoms. The average molecular weight is 232 g/mol. The Morgan fingerprint density at radius 2 is 2.41 bits per heavy atom. The summed E-state index contributed by atoms with van der Waals surface area (Å²) in [6, 6.07) is 1.91. The molecule has 5 heteroatoms. The molecule has 0 radical (unpaired) electrons. The van der Waals surface area contributed by atoms with Crippen molar-refractivity contribution >= 4 is 11.0 Å². The molecule has 2 atom stereocenters. The van der Waals surface area contributed by atoms with Gasteiger partial charge in [0.2, 0.25) is 0 Å². The summed E-state index contributed by atoms with van der Waals surface area (Å²) in [5, 5.41) is 0. The number of rotatable bonds is 1. The Hall–Kier alpha value is -1.46. The monoisotopic (exact) mass is 232 g/mol. The highest BCUT2D eigenvalue weighted by molar-refractivity contribution is 5.74. The maximum atomic E-state index is 6.14. The van der Waals surface area contributed by atoms with E-state index >= 15 is 0 Å². The van der Waals surface area contributed by atoms with Gasteiger partial charge in [0.05, 0.1) is 35.9 Å². The fourth-order valence-electron chi connectivity index (χ4n) is 2.47. The van der Waals surface area contributed by atoms with Gasteiger partial charge in [0.1, 0.15) is 5.82 Å². The number of aromatic nitrogens is 3. The van der Waals surface area contributed by atoms with Crippen molar-refractivity contribution in [3.8, 4) is 0 Å². The largest absolute Gasteiger partial charge is 0.379 e. The lowest BCUT2D eigenvalue weighted by Gasteiger charge is -2.26. The zero-order chi connectivity index (χ0) is 12.0. The van der Waals surface area contributed by atoms with Crippen LogP contribution < -0.4 is 5.73 Å². The molecule has 90 valence electrons. The maximum Gasteiger partial charge on any atom is 0.119 e. The molecule has 0 bridgehead atoms. The highest BCUT2D eigenvalue weighted by Gasteiger charge is 2.42. The summed E-state index contributed by atoms with van der Waals surface area (Å²) in [5.41, 5.74) is 7.91. The normalized spacial score (nSPS) is 29.0. The summed E-state index contributed by atoms with van der Waals surface area (Å²) in [5.74, 6) is 0.977. The van der Waals surface area contributed by atoms with Crippen LogP contribution in [0.3, 0.4) is 0 Å². The molecule has 2 aromatic rings. The van der Waals surface area contributed by atoms with Crippen LogP contribution in [0.2, 0.25) is 0 Å². The van der Waals surface area contributed by atoms with Crippen molar-refractivity contribution in [1.82, 2.24) is 14.5 Å². The molecule has 0 amide bonds. The summed E-state index contributed by atoms with van der Waals surface area (Å²) < 4.78 is 7.55. The van der Waals surface area contributed by atoms with Crippen LogP contribution in [-0.4, -0.2) is 33.8 Å². The predicted molar refractivity (Wildman–Crippen MR) is 64.7 cm³/mol. The van der Waals surface area contributed by atoms with Gasteiger partial charge in [-0.2, -0.15) is 0 Å². The van der Waals surface area contributed by atoms with Crippen molar-refractivity contribution in [3.63, 3.8) is 0 Å². The van der Waals surface area contributed by atoms with Crippen LogP contribution in [0.1, 0.15) is 12.7 Å². The number of aryl methyl sites for hydroxylation is 1. The van der Waals surface area contributed by atoms with Gasteiger partial charge in [-0.15, -0.1) is 0 Å². The van der Waals surface area contributed by atoms with Gasteiger partial charge >= 0.3 is 0 Å². The Kier molecular flexibility index (Phi) is 2.21. The first-order chi connectivity index (χ1) is 8.13. The molecule has 2 unspecified atom stereocenters. The molecule has 1 saturated heterocycles. The first-order valence-electron chi connectivity index (χ1n) is 5.73. The van der Waals surface area contributed by atoms with Crippen LogP contribution in [0.5, 0.6) is 0 Å². The number of pyridine rings is 1. The molecule has 1 fully saturated rings. The van der Waals surface area contributed by atoms with Crippen molar-refractivity contribution < 1.29 is 4.74 Å². The molecule has 0 saturated carbocycles. The molecule has 0 aliphatic carbocycles. The van der Waals surface area contributed by atoms with E-state index < -0.39 is 0 Å². The fraction of sp³-hybridized carbons (Fsp3) is 0.500. The topological polar surface area (TPSA) is 66.0 Å². The van der Waals surface area contributed by atoms with Gasteiger partial charge in [0.25, 0.3) is 0 Å². The van der Waals surface area contributed by atoms with Gasteiger partial charge < -0.3 is 15.0 Å². The van der Waals surface area contributed by atoms with E-state index in [1.54, 1.807) is 6.20 Å². The lowest BCUT2D eigenvalue weighted by atomic mass is 9.85. The number of imidazole rings is 1. The number of fused-ring (bicyclic) bond motifs is 1. The van der Waals surface area contributed by atoms with Crippen molar-refractivity contribution in [2.45, 2.75) is 18.4 Å². The van der Waals surface area contributed by atoms with Gasteiger partial charge in [0.15, 0.2) is 0 Å². The molecule has 0 spiro atoms. The fourth-order valence-corrected chi connectivity index (χ4v) is 2.47. The first-order valence-corrected chi connectivity index (χ1v) is 5.73. The minimum atomic E-state index is -0.215. The zero-order valence-electron chi connectivity index (χ0n) is 10.1. The Balaban J connectivity index is 2.21. The van der Waals surface area contributed by atoms with E-state index in [0.717, 1.165) is 16.9 Å². The molecule has 3 heterocycles. The summed E-state index contributed by atoms with van der Waals surface area (Å²) >= 11 is 0. The van der Waals surface area contributed by atoms with Crippen LogP contribution in [-0.2, 0) is 17.2 Å². The van der Waals surface area contributed by atoms with E-state index in [1.807, 2.05) is 19.3 Å². The molecule has 1 aliphatic rings. The number of nitrogens with two attached hydrogens (primary N) is 1. The third-order valence-electron chi connectivity index (χ3n) is 3.71. The highest BCUT2D eigenvalue weighted by Crippen LogP contribution is 2.32. The van der Waals surface area contributed by atoms with E-state index in [9.17, 15) is 0 Å². The Morgan fingerprint density at radius 3 is 3.06 bits per heavy atom. The molecule has 1 aliphatic heterocycles. The van der Waals surface area contributed by atoms with Gasteiger partial charge in [-0.05, 0) is 13.0 Å². The standard InChI is InChI=1S/C12H16N4O/c1-12(7-17-6-10(12)13)11-15-8-3-4-14-5-9(8)16(11)2/h3-5,10H,6-7,13H2,1-2H3. The van der Waals surface area contributed by atoms with E-state index in [0.29, 0.717) is 13.2 Å². The van der Waals surface area contributed by atoms with Crippen LogP contribution in [0.15, 0.2) is 18.5 Å². The molecular formula is C12H16N4O. The second kappa shape index (κ2) is 3.51. The second-order valence-electron chi connectivity index (χ2n) is 4.90. The minimum Gasteiger partial charge on any atom is -0.379 e. The van der Waals surface area contributed by atoms with Crippen LogP contribution in [0.4, 0.5) is 0 Å². The molecule has 3 rings (SSSR count). The highest BCUT2D eigenvalue weighted by atomic mass is 16.5. The Labute approximate surface area is 99.6 Å². The number of hydrogen-bond acceptors (Lipinski definition) is 4. The van der Waals surface area contributed by atoms with E-state index in [4.69, 9.17) is 10.5 Å². The molecule has 2 aromatic heterocycles. The lowest BCUT2D eigenvalue weighted by molar-refractivity contribution is 0.177. The van der Waals surface area contributed by atoms with E-state index in [2.05, 4.69) is 21.5 Å². The zero-order valence-corrected chi connectivity index (χ0v) is 10.1. The second-order valence-corrected chi connectivity index (χ2v) is 4.90. The van der Waals surface area contributed by atoms with Gasteiger partial charge in [-0.3, -0.25) is 4.98 Å². The third kappa shape index (κ3) is 1.39. The summed E-state index contributed by atoms with van der Waals surface area (Å²) in [7, 11) is 2.00. The SMILES string of the molecule is Cn1c(C2(C)COCC2N)nc2ccncc21. The first kappa shape index (κ1) is 10.7. The van der Waals surface area contributed by atoms with Crippen molar-refractivity contribution in [2.75, 3.05) is 13.2 Å². The molecule has 0 aromatic carbocycles. The summed E-state index contributed by atoms with van der Waals surface area (Å²) in [6.07, 6.45) is 3.59. The van der Waals surface area contributed by atoms with Crippen LogP contribution in [0, 0.1) is 0 Å². The quantitative estimate of drug-likeness (QED) is 0.781. The van der Waals surface area contributed by atoms with Crippen LogP contribution in [0.25, 0.3) is 11.0 Å². The predicted octanol–water partition coefficient (Wildman–Crippen LogP) is 0.583. The van der Waals surface area contributed by atoms with Crippen molar-refractivity contribution in [3.05, 3.63) is 24.3 Å². The number of ether oxygens (including phenoxy) is 1. The molecular weight excluding hydrogens is 216 g/mol. The smallest absolute Gasteiger partial charge is 0.119 e. The molecule has 2 N–H and O–H groups in total. The Bertz CT molecular complexity index is 565. The van der Waals surface area contributed by atoms with E-state index in [1.165, 1.54) is 0 Å². The number of hydrogen-bond donors (Lipinski definition) is 1. The van der Waals surface area contributed by atoms with E-state index in [-0.39, 0.29) is 11.5 Å². The van der Waals surface area contributed by atoms with Gasteiger partial charge in [-0.1, -0.05) is 0 Å². The van der Waals surface area contributed by atoms with Gasteiger partial charge in [-0.25, -0.2) is 4.98 Å². The number of nitrogens with zero attached hydrogens (tertiary/aromatic N) is 3. The average Bonchev–Trinajstić information content (AvgIpc) is 2.83. The van der Waals surface area contributed by atoms with Gasteiger partial charge in [0, 0.05) is 19.3 Å². The molecule has 5 nitrogen and oxygen atoms in total. The lowest BCUT2D eigenvalue weighted by Crippen LogP contribution is -2.43. The van der Waals surface area contributed by atoms with Crippen molar-refractivity contribution in [2.24, 2.45) is 12.8 Å². The third-order valence-corrected chi connectivity index (χ3v) is 3.71. The maximum absolute atomic E-state index is 6.14. The Morgan fingerprint density at radius 1 is 1.59 bits per heavy atom. The van der Waals surface area contributed by atoms with Crippen LogP contribution >= 0.6 is 0 Å².